The molecule has 1 aliphatic heterocycles. The van der Waals surface area contributed by atoms with Gasteiger partial charge < -0.3 is 9.64 Å². The molecule has 102 valence electrons. The number of nitrogens with zero attached hydrogens (tertiary/aromatic N) is 1. The van der Waals surface area contributed by atoms with Gasteiger partial charge in [-0.1, -0.05) is 13.0 Å². The lowest BCUT2D eigenvalue weighted by atomic mass is 9.91. The summed E-state index contributed by atoms with van der Waals surface area (Å²) >= 11 is 0. The molecular formula is C14H23NO3. The number of amides is 1. The van der Waals surface area contributed by atoms with Crippen LogP contribution in [0.25, 0.3) is 0 Å². The summed E-state index contributed by atoms with van der Waals surface area (Å²) in [6.45, 7) is 9.34. The summed E-state index contributed by atoms with van der Waals surface area (Å²) in [5.41, 5.74) is 0. The topological polar surface area (TPSA) is 46.6 Å². The van der Waals surface area contributed by atoms with Crippen LogP contribution < -0.4 is 0 Å². The molecule has 4 heteroatoms. The molecule has 18 heavy (non-hydrogen) atoms. The normalized spacial score (nSPS) is 24.2. The van der Waals surface area contributed by atoms with E-state index in [0.29, 0.717) is 19.3 Å². The number of piperidine rings is 1. The lowest BCUT2D eigenvalue weighted by Crippen LogP contribution is -2.52. The van der Waals surface area contributed by atoms with E-state index >= 15 is 0 Å². The Morgan fingerprint density at radius 2 is 2.11 bits per heavy atom. The van der Waals surface area contributed by atoms with Crippen LogP contribution in [0.15, 0.2) is 12.7 Å². The molecule has 0 saturated carbocycles. The third-order valence-electron chi connectivity index (χ3n) is 3.17. The van der Waals surface area contributed by atoms with Crippen molar-refractivity contribution in [1.29, 1.82) is 0 Å². The van der Waals surface area contributed by atoms with Gasteiger partial charge in [0.1, 0.15) is 5.78 Å². The van der Waals surface area contributed by atoms with E-state index in [4.69, 9.17) is 4.74 Å². The molecule has 4 nitrogen and oxygen atoms in total. The molecule has 0 aromatic carbocycles. The maximum absolute atomic E-state index is 12.1. The minimum atomic E-state index is -0.309. The van der Waals surface area contributed by atoms with E-state index in [9.17, 15) is 9.59 Å². The molecule has 0 unspecified atom stereocenters. The molecule has 1 aliphatic rings. The van der Waals surface area contributed by atoms with Crippen LogP contribution in [0.5, 0.6) is 0 Å². The van der Waals surface area contributed by atoms with Crippen molar-refractivity contribution in [3.63, 3.8) is 0 Å². The second kappa shape index (κ2) is 6.57. The Kier molecular flexibility index (Phi) is 5.38. The molecule has 0 radical (unpaired) electrons. The summed E-state index contributed by atoms with van der Waals surface area (Å²) in [4.78, 5) is 25.6. The van der Waals surface area contributed by atoms with Crippen molar-refractivity contribution < 1.29 is 14.3 Å². The largest absolute Gasteiger partial charge is 0.447 e. The van der Waals surface area contributed by atoms with E-state index < -0.39 is 0 Å². The van der Waals surface area contributed by atoms with E-state index in [-0.39, 0.29) is 30.1 Å². The maximum Gasteiger partial charge on any atom is 0.410 e. The first-order valence-corrected chi connectivity index (χ1v) is 6.61. The van der Waals surface area contributed by atoms with Crippen LogP contribution in [-0.2, 0) is 9.53 Å². The number of likely N-dealkylation sites (tertiary alicyclic amines) is 1. The lowest BCUT2D eigenvalue weighted by molar-refractivity contribution is -0.124. The van der Waals surface area contributed by atoms with E-state index in [1.54, 1.807) is 11.0 Å². The van der Waals surface area contributed by atoms with Gasteiger partial charge in [0, 0.05) is 24.9 Å². The number of hydrogen-bond acceptors (Lipinski definition) is 3. The molecule has 1 heterocycles. The zero-order valence-corrected chi connectivity index (χ0v) is 11.5. The van der Waals surface area contributed by atoms with Crippen LogP contribution in [0.4, 0.5) is 4.79 Å². The van der Waals surface area contributed by atoms with Crippen LogP contribution in [0.3, 0.4) is 0 Å². The highest BCUT2D eigenvalue weighted by molar-refractivity contribution is 5.83. The molecule has 1 fully saturated rings. The highest BCUT2D eigenvalue weighted by Gasteiger charge is 2.37. The van der Waals surface area contributed by atoms with Crippen molar-refractivity contribution in [3.8, 4) is 0 Å². The van der Waals surface area contributed by atoms with Gasteiger partial charge in [-0.15, -0.1) is 6.58 Å². The van der Waals surface area contributed by atoms with Gasteiger partial charge in [0.25, 0.3) is 0 Å². The lowest BCUT2D eigenvalue weighted by Gasteiger charge is -2.40. The highest BCUT2D eigenvalue weighted by atomic mass is 16.6. The minimum Gasteiger partial charge on any atom is -0.447 e. The Labute approximate surface area is 109 Å². The smallest absolute Gasteiger partial charge is 0.410 e. The molecule has 1 rings (SSSR count). The van der Waals surface area contributed by atoms with Gasteiger partial charge in [-0.05, 0) is 26.7 Å². The number of ketones is 1. The summed E-state index contributed by atoms with van der Waals surface area (Å²) in [6.07, 6.45) is 3.56. The molecule has 0 aromatic rings. The van der Waals surface area contributed by atoms with Crippen LogP contribution in [0, 0.1) is 0 Å². The van der Waals surface area contributed by atoms with Gasteiger partial charge in [-0.2, -0.15) is 0 Å². The zero-order chi connectivity index (χ0) is 13.7. The molecule has 0 aliphatic carbocycles. The Bertz CT molecular complexity index is 325. The van der Waals surface area contributed by atoms with E-state index in [2.05, 4.69) is 6.58 Å². The van der Waals surface area contributed by atoms with E-state index in [1.807, 2.05) is 20.8 Å². The third-order valence-corrected chi connectivity index (χ3v) is 3.17. The standard InChI is InChI=1S/C14H23NO3/c1-5-7-12-9-13(16)8-11(6-2)15(12)14(17)18-10(3)4/h5,10-12H,1,6-9H2,2-4H3/t11-,12+/m1/s1. The number of rotatable bonds is 4. The Balaban J connectivity index is 2.86. The fourth-order valence-electron chi connectivity index (χ4n) is 2.39. The van der Waals surface area contributed by atoms with Crippen molar-refractivity contribution in [2.24, 2.45) is 0 Å². The number of carbonyl (C=O) groups excluding carboxylic acids is 2. The van der Waals surface area contributed by atoms with Gasteiger partial charge in [0.05, 0.1) is 6.10 Å². The van der Waals surface area contributed by atoms with Crippen LogP contribution in [0.1, 0.15) is 46.5 Å². The predicted molar refractivity (Wildman–Crippen MR) is 70.4 cm³/mol. The Hall–Kier alpha value is -1.32. The number of hydrogen-bond donors (Lipinski definition) is 0. The SMILES string of the molecule is C=CC[C@H]1CC(=O)C[C@@H](CC)N1C(=O)OC(C)C. The average molecular weight is 253 g/mol. The summed E-state index contributed by atoms with van der Waals surface area (Å²) < 4.78 is 5.27. The first-order valence-electron chi connectivity index (χ1n) is 6.61. The molecule has 0 spiro atoms. The fraction of sp³-hybridized carbons (Fsp3) is 0.714. The summed E-state index contributed by atoms with van der Waals surface area (Å²) in [6, 6.07) is -0.137. The average Bonchev–Trinajstić information content (AvgIpc) is 2.27. The molecule has 1 amide bonds. The van der Waals surface area contributed by atoms with E-state index in [1.165, 1.54) is 0 Å². The number of carbonyl (C=O) groups is 2. The van der Waals surface area contributed by atoms with Crippen LogP contribution in [-0.4, -0.2) is 35.0 Å². The third kappa shape index (κ3) is 3.59. The number of ether oxygens (including phenoxy) is 1. The van der Waals surface area contributed by atoms with Crippen LogP contribution in [0.2, 0.25) is 0 Å². The highest BCUT2D eigenvalue weighted by Crippen LogP contribution is 2.26. The Morgan fingerprint density at radius 3 is 2.61 bits per heavy atom. The summed E-state index contributed by atoms with van der Waals surface area (Å²) in [7, 11) is 0. The minimum absolute atomic E-state index is 0.0394. The molecular weight excluding hydrogens is 230 g/mol. The monoisotopic (exact) mass is 253 g/mol. The Morgan fingerprint density at radius 1 is 1.50 bits per heavy atom. The summed E-state index contributed by atoms with van der Waals surface area (Å²) in [5, 5.41) is 0. The molecule has 0 aromatic heterocycles. The van der Waals surface area contributed by atoms with Crippen molar-refractivity contribution in [2.75, 3.05) is 0 Å². The second-order valence-corrected chi connectivity index (χ2v) is 5.03. The van der Waals surface area contributed by atoms with Gasteiger partial charge in [0.2, 0.25) is 0 Å². The molecule has 1 saturated heterocycles. The van der Waals surface area contributed by atoms with Gasteiger partial charge in [0.15, 0.2) is 0 Å². The van der Waals surface area contributed by atoms with Crippen molar-refractivity contribution in [3.05, 3.63) is 12.7 Å². The van der Waals surface area contributed by atoms with Crippen molar-refractivity contribution in [2.45, 2.75) is 64.6 Å². The molecule has 0 bridgehead atoms. The number of Topliss-reactive ketones (excluding diaryl/α,β-unsaturated/α-hetero) is 1. The van der Waals surface area contributed by atoms with Crippen molar-refractivity contribution >= 4 is 11.9 Å². The summed E-state index contributed by atoms with van der Waals surface area (Å²) in [5.74, 6) is 0.224. The first-order chi connectivity index (χ1) is 8.49. The van der Waals surface area contributed by atoms with Gasteiger partial charge in [-0.25, -0.2) is 4.79 Å². The second-order valence-electron chi connectivity index (χ2n) is 5.03. The fourth-order valence-corrected chi connectivity index (χ4v) is 2.39. The molecule has 2 atom stereocenters. The van der Waals surface area contributed by atoms with Gasteiger partial charge in [-0.3, -0.25) is 4.79 Å². The first kappa shape index (κ1) is 14.7. The van der Waals surface area contributed by atoms with Crippen molar-refractivity contribution in [1.82, 2.24) is 4.90 Å². The van der Waals surface area contributed by atoms with Crippen LogP contribution >= 0.6 is 0 Å². The quantitative estimate of drug-likeness (QED) is 0.724. The van der Waals surface area contributed by atoms with E-state index in [0.717, 1.165) is 6.42 Å². The van der Waals surface area contributed by atoms with Gasteiger partial charge >= 0.3 is 6.09 Å². The predicted octanol–water partition coefficient (Wildman–Crippen LogP) is 2.92. The molecule has 0 N–H and O–H groups in total. The zero-order valence-electron chi connectivity index (χ0n) is 11.5. The maximum atomic E-state index is 12.1.